The van der Waals surface area contributed by atoms with Gasteiger partial charge in [0.15, 0.2) is 0 Å². The van der Waals surface area contributed by atoms with E-state index in [1.807, 2.05) is 18.7 Å². The Balaban J connectivity index is 2.42. The summed E-state index contributed by atoms with van der Waals surface area (Å²) in [6, 6.07) is 6.43. The Hall–Kier alpha value is -1.61. The van der Waals surface area contributed by atoms with E-state index in [0.29, 0.717) is 0 Å². The third-order valence-corrected chi connectivity index (χ3v) is 2.97. The van der Waals surface area contributed by atoms with Crippen molar-refractivity contribution in [1.82, 2.24) is 15.1 Å². The maximum absolute atomic E-state index is 4.57. The molecule has 2 rings (SSSR count). The Labute approximate surface area is 102 Å². The van der Waals surface area contributed by atoms with E-state index in [1.54, 1.807) is 0 Å². The third-order valence-electron chi connectivity index (χ3n) is 2.97. The summed E-state index contributed by atoms with van der Waals surface area (Å²) < 4.78 is 1.97. The average Bonchev–Trinajstić information content (AvgIpc) is 2.60. The highest BCUT2D eigenvalue weighted by Crippen LogP contribution is 2.17. The van der Waals surface area contributed by atoms with Crippen molar-refractivity contribution in [2.24, 2.45) is 0 Å². The second kappa shape index (κ2) is 4.72. The molecule has 0 aliphatic carbocycles. The molecule has 3 nitrogen and oxygen atoms in total. The van der Waals surface area contributed by atoms with Crippen molar-refractivity contribution < 1.29 is 0 Å². The van der Waals surface area contributed by atoms with E-state index in [1.165, 1.54) is 16.7 Å². The van der Waals surface area contributed by atoms with E-state index in [-0.39, 0.29) is 0 Å². The number of aromatic nitrogens is 2. The van der Waals surface area contributed by atoms with Gasteiger partial charge in [-0.3, -0.25) is 0 Å². The standard InChI is InChI=1S/C14H19N3/c1-10-5-6-14(11(2)7-10)17-9-13(8-15-4)12(3)16-17/h5-7,9,15H,8H2,1-4H3. The van der Waals surface area contributed by atoms with E-state index in [4.69, 9.17) is 0 Å². The Morgan fingerprint density at radius 1 is 1.24 bits per heavy atom. The minimum Gasteiger partial charge on any atom is -0.316 e. The number of aryl methyl sites for hydroxylation is 3. The van der Waals surface area contributed by atoms with Crippen LogP contribution in [0.25, 0.3) is 5.69 Å². The first kappa shape index (κ1) is 11.9. The molecule has 0 atom stereocenters. The lowest BCUT2D eigenvalue weighted by Gasteiger charge is -2.06. The molecule has 0 aliphatic rings. The Bertz CT molecular complexity index is 526. The summed E-state index contributed by atoms with van der Waals surface area (Å²) in [6.07, 6.45) is 2.10. The monoisotopic (exact) mass is 229 g/mol. The van der Waals surface area contributed by atoms with Crippen LogP contribution in [-0.4, -0.2) is 16.8 Å². The predicted molar refractivity (Wildman–Crippen MR) is 70.5 cm³/mol. The van der Waals surface area contributed by atoms with E-state index < -0.39 is 0 Å². The molecule has 0 saturated heterocycles. The third kappa shape index (κ3) is 2.39. The molecule has 1 aromatic heterocycles. The van der Waals surface area contributed by atoms with Crippen LogP contribution in [0.5, 0.6) is 0 Å². The summed E-state index contributed by atoms with van der Waals surface area (Å²) >= 11 is 0. The van der Waals surface area contributed by atoms with Crippen LogP contribution in [-0.2, 0) is 6.54 Å². The second-order valence-electron chi connectivity index (χ2n) is 4.50. The van der Waals surface area contributed by atoms with Gasteiger partial charge >= 0.3 is 0 Å². The molecule has 0 spiro atoms. The number of hydrogen-bond acceptors (Lipinski definition) is 2. The van der Waals surface area contributed by atoms with Gasteiger partial charge in [0.2, 0.25) is 0 Å². The van der Waals surface area contributed by atoms with E-state index in [0.717, 1.165) is 17.9 Å². The fourth-order valence-corrected chi connectivity index (χ4v) is 2.05. The van der Waals surface area contributed by atoms with Gasteiger partial charge in [-0.05, 0) is 39.4 Å². The van der Waals surface area contributed by atoms with Gasteiger partial charge in [0.25, 0.3) is 0 Å². The SMILES string of the molecule is CNCc1cn(-c2ccc(C)cc2C)nc1C. The molecule has 3 heteroatoms. The largest absolute Gasteiger partial charge is 0.316 e. The van der Waals surface area contributed by atoms with Gasteiger partial charge in [0.1, 0.15) is 0 Å². The molecule has 0 saturated carbocycles. The van der Waals surface area contributed by atoms with Gasteiger partial charge in [-0.25, -0.2) is 4.68 Å². The average molecular weight is 229 g/mol. The van der Waals surface area contributed by atoms with Crippen LogP contribution < -0.4 is 5.32 Å². The normalized spacial score (nSPS) is 10.8. The molecular weight excluding hydrogens is 210 g/mol. The highest BCUT2D eigenvalue weighted by atomic mass is 15.3. The first-order valence-corrected chi connectivity index (χ1v) is 5.89. The van der Waals surface area contributed by atoms with Crippen molar-refractivity contribution in [3.05, 3.63) is 46.8 Å². The van der Waals surface area contributed by atoms with Crippen molar-refractivity contribution in [3.8, 4) is 5.69 Å². The highest BCUT2D eigenvalue weighted by molar-refractivity contribution is 5.42. The lowest BCUT2D eigenvalue weighted by Crippen LogP contribution is -2.05. The minimum atomic E-state index is 0.858. The number of nitrogens with zero attached hydrogens (tertiary/aromatic N) is 2. The molecular formula is C14H19N3. The van der Waals surface area contributed by atoms with Crippen LogP contribution in [0.2, 0.25) is 0 Å². The summed E-state index contributed by atoms with van der Waals surface area (Å²) in [5.74, 6) is 0. The van der Waals surface area contributed by atoms with Gasteiger partial charge in [0, 0.05) is 18.3 Å². The highest BCUT2D eigenvalue weighted by Gasteiger charge is 2.07. The van der Waals surface area contributed by atoms with Crippen molar-refractivity contribution in [2.45, 2.75) is 27.3 Å². The topological polar surface area (TPSA) is 29.9 Å². The van der Waals surface area contributed by atoms with Gasteiger partial charge in [0.05, 0.1) is 11.4 Å². The van der Waals surface area contributed by atoms with Crippen molar-refractivity contribution in [2.75, 3.05) is 7.05 Å². The first-order valence-electron chi connectivity index (χ1n) is 5.89. The Kier molecular flexibility index (Phi) is 3.29. The van der Waals surface area contributed by atoms with Crippen LogP contribution >= 0.6 is 0 Å². The molecule has 0 unspecified atom stereocenters. The van der Waals surface area contributed by atoms with E-state index in [9.17, 15) is 0 Å². The van der Waals surface area contributed by atoms with Crippen molar-refractivity contribution in [3.63, 3.8) is 0 Å². The van der Waals surface area contributed by atoms with Crippen LogP contribution in [0.3, 0.4) is 0 Å². The van der Waals surface area contributed by atoms with E-state index in [2.05, 4.69) is 48.7 Å². The van der Waals surface area contributed by atoms with Gasteiger partial charge in [-0.2, -0.15) is 5.10 Å². The fourth-order valence-electron chi connectivity index (χ4n) is 2.05. The smallest absolute Gasteiger partial charge is 0.0675 e. The Morgan fingerprint density at radius 2 is 2.00 bits per heavy atom. The lowest BCUT2D eigenvalue weighted by atomic mass is 10.1. The maximum atomic E-state index is 4.57. The van der Waals surface area contributed by atoms with Gasteiger partial charge in [-0.15, -0.1) is 0 Å². The molecule has 1 aromatic carbocycles. The minimum absolute atomic E-state index is 0.858. The van der Waals surface area contributed by atoms with Gasteiger partial charge < -0.3 is 5.32 Å². The van der Waals surface area contributed by atoms with Crippen LogP contribution in [0.15, 0.2) is 24.4 Å². The quantitative estimate of drug-likeness (QED) is 0.876. The lowest BCUT2D eigenvalue weighted by molar-refractivity contribution is 0.812. The molecule has 1 N–H and O–H groups in total. The van der Waals surface area contributed by atoms with Crippen LogP contribution in [0, 0.1) is 20.8 Å². The zero-order valence-corrected chi connectivity index (χ0v) is 10.9. The number of rotatable bonds is 3. The van der Waals surface area contributed by atoms with Crippen molar-refractivity contribution >= 4 is 0 Å². The molecule has 0 bridgehead atoms. The number of hydrogen-bond donors (Lipinski definition) is 1. The second-order valence-corrected chi connectivity index (χ2v) is 4.50. The summed E-state index contributed by atoms with van der Waals surface area (Å²) in [5.41, 5.74) is 6.02. The predicted octanol–water partition coefficient (Wildman–Crippen LogP) is 2.52. The molecule has 90 valence electrons. The van der Waals surface area contributed by atoms with Crippen molar-refractivity contribution in [1.29, 1.82) is 0 Å². The molecule has 1 heterocycles. The zero-order valence-electron chi connectivity index (χ0n) is 10.9. The Morgan fingerprint density at radius 3 is 2.65 bits per heavy atom. The molecule has 0 fully saturated rings. The molecule has 0 amide bonds. The van der Waals surface area contributed by atoms with Crippen LogP contribution in [0.1, 0.15) is 22.4 Å². The van der Waals surface area contributed by atoms with Gasteiger partial charge in [-0.1, -0.05) is 17.7 Å². The molecule has 2 aromatic rings. The molecule has 0 aliphatic heterocycles. The van der Waals surface area contributed by atoms with E-state index >= 15 is 0 Å². The number of nitrogens with one attached hydrogen (secondary N) is 1. The first-order chi connectivity index (χ1) is 8.11. The fraction of sp³-hybridized carbons (Fsp3) is 0.357. The van der Waals surface area contributed by atoms with Crippen LogP contribution in [0.4, 0.5) is 0 Å². The summed E-state index contributed by atoms with van der Waals surface area (Å²) in [5, 5.41) is 7.73. The summed E-state index contributed by atoms with van der Waals surface area (Å²) in [4.78, 5) is 0. The number of benzene rings is 1. The summed E-state index contributed by atoms with van der Waals surface area (Å²) in [6.45, 7) is 7.14. The maximum Gasteiger partial charge on any atom is 0.0675 e. The molecule has 0 radical (unpaired) electrons. The molecule has 17 heavy (non-hydrogen) atoms. The zero-order chi connectivity index (χ0) is 12.4. The summed E-state index contributed by atoms with van der Waals surface area (Å²) in [7, 11) is 1.95.